The summed E-state index contributed by atoms with van der Waals surface area (Å²) in [4.78, 5) is 4.56. The van der Waals surface area contributed by atoms with E-state index in [1.54, 1.807) is 6.92 Å². The molecule has 0 saturated heterocycles. The van der Waals surface area contributed by atoms with Crippen molar-refractivity contribution >= 4 is 0 Å². The van der Waals surface area contributed by atoms with Crippen molar-refractivity contribution in [1.82, 2.24) is 4.98 Å². The minimum absolute atomic E-state index is 0.114. The van der Waals surface area contributed by atoms with Crippen LogP contribution in [0.4, 0.5) is 0 Å². The van der Waals surface area contributed by atoms with Crippen molar-refractivity contribution in [3.05, 3.63) is 53.2 Å². The second kappa shape index (κ2) is 5.37. The van der Waals surface area contributed by atoms with Crippen LogP contribution in [0, 0.1) is 6.92 Å². The van der Waals surface area contributed by atoms with Gasteiger partial charge >= 0.3 is 0 Å². The average Bonchev–Trinajstić information content (AvgIpc) is 2.37. The lowest BCUT2D eigenvalue weighted by Crippen LogP contribution is -2.11. The van der Waals surface area contributed by atoms with Gasteiger partial charge in [0.2, 0.25) is 0 Å². The molecule has 0 spiro atoms. The van der Waals surface area contributed by atoms with E-state index in [-0.39, 0.29) is 5.41 Å². The van der Waals surface area contributed by atoms with E-state index in [1.165, 1.54) is 11.1 Å². The molecule has 1 aromatic carbocycles. The Labute approximate surface area is 121 Å². The van der Waals surface area contributed by atoms with E-state index >= 15 is 0 Å². The maximum atomic E-state index is 9.67. The quantitative estimate of drug-likeness (QED) is 0.876. The third kappa shape index (κ3) is 3.26. The van der Waals surface area contributed by atoms with E-state index in [9.17, 15) is 5.11 Å². The molecule has 0 amide bonds. The van der Waals surface area contributed by atoms with Crippen LogP contribution in [0.3, 0.4) is 0 Å². The number of aryl methyl sites for hydroxylation is 1. The Morgan fingerprint density at radius 1 is 1.10 bits per heavy atom. The molecule has 2 rings (SSSR count). The first-order valence-electron chi connectivity index (χ1n) is 7.05. The molecule has 2 nitrogen and oxygen atoms in total. The molecule has 0 saturated carbocycles. The van der Waals surface area contributed by atoms with E-state index in [0.717, 1.165) is 11.3 Å². The molecule has 0 aliphatic rings. The van der Waals surface area contributed by atoms with E-state index in [4.69, 9.17) is 0 Å². The highest BCUT2D eigenvalue weighted by molar-refractivity contribution is 5.62. The van der Waals surface area contributed by atoms with Crippen molar-refractivity contribution in [1.29, 1.82) is 0 Å². The topological polar surface area (TPSA) is 33.1 Å². The zero-order chi connectivity index (χ0) is 14.9. The van der Waals surface area contributed by atoms with Crippen LogP contribution in [-0.2, 0) is 5.41 Å². The molecule has 2 aromatic rings. The molecule has 0 bridgehead atoms. The molecule has 0 aliphatic carbocycles. The molecule has 2 heteroatoms. The van der Waals surface area contributed by atoms with Crippen LogP contribution in [0.5, 0.6) is 0 Å². The summed E-state index contributed by atoms with van der Waals surface area (Å²) in [7, 11) is 0. The highest BCUT2D eigenvalue weighted by atomic mass is 16.3. The fraction of sp³-hybridized carbons (Fsp3) is 0.389. The number of nitrogens with zero attached hydrogens (tertiary/aromatic N) is 1. The summed E-state index contributed by atoms with van der Waals surface area (Å²) in [5.74, 6) is 0. The standard InChI is InChI=1S/C18H23NO/c1-12-9-14(11-15(10-12)18(3,4)5)17-8-6-7-16(19-17)13(2)20/h6-11,13,20H,1-5H3/t13-/m1/s1. The van der Waals surface area contributed by atoms with Gasteiger partial charge in [0.05, 0.1) is 17.5 Å². The van der Waals surface area contributed by atoms with Crippen LogP contribution in [0.1, 0.15) is 50.6 Å². The van der Waals surface area contributed by atoms with Crippen LogP contribution in [0.15, 0.2) is 36.4 Å². The molecule has 1 atom stereocenters. The van der Waals surface area contributed by atoms with Crippen molar-refractivity contribution in [3.8, 4) is 11.3 Å². The predicted octanol–water partition coefficient (Wildman–Crippen LogP) is 4.41. The number of hydrogen-bond donors (Lipinski definition) is 1. The fourth-order valence-corrected chi connectivity index (χ4v) is 2.21. The Kier molecular flexibility index (Phi) is 3.96. The van der Waals surface area contributed by atoms with E-state index in [2.05, 4.69) is 50.9 Å². The third-order valence-electron chi connectivity index (χ3n) is 3.44. The molecular formula is C18H23NO. The van der Waals surface area contributed by atoms with Gasteiger partial charge in [-0.2, -0.15) is 0 Å². The Bertz CT molecular complexity index is 609. The molecule has 0 unspecified atom stereocenters. The summed E-state index contributed by atoms with van der Waals surface area (Å²) < 4.78 is 0. The third-order valence-corrected chi connectivity index (χ3v) is 3.44. The number of pyridine rings is 1. The number of aliphatic hydroxyl groups excluding tert-OH is 1. The zero-order valence-corrected chi connectivity index (χ0v) is 12.9. The molecular weight excluding hydrogens is 246 g/mol. The summed E-state index contributed by atoms with van der Waals surface area (Å²) in [6, 6.07) is 12.4. The molecule has 0 radical (unpaired) electrons. The maximum Gasteiger partial charge on any atom is 0.0932 e. The second-order valence-corrected chi connectivity index (χ2v) is 6.46. The van der Waals surface area contributed by atoms with Gasteiger partial charge in [-0.15, -0.1) is 0 Å². The van der Waals surface area contributed by atoms with Gasteiger partial charge in [-0.05, 0) is 49.1 Å². The molecule has 0 aliphatic heterocycles. The van der Waals surface area contributed by atoms with Crippen molar-refractivity contribution in [2.45, 2.75) is 46.1 Å². The predicted molar refractivity (Wildman–Crippen MR) is 83.7 cm³/mol. The summed E-state index contributed by atoms with van der Waals surface area (Å²) in [6.07, 6.45) is -0.540. The molecule has 1 heterocycles. The minimum atomic E-state index is -0.540. The van der Waals surface area contributed by atoms with Crippen molar-refractivity contribution in [2.75, 3.05) is 0 Å². The van der Waals surface area contributed by atoms with Gasteiger partial charge in [0.15, 0.2) is 0 Å². The number of aromatic nitrogens is 1. The number of rotatable bonds is 2. The largest absolute Gasteiger partial charge is 0.387 e. The summed E-state index contributed by atoms with van der Waals surface area (Å²) >= 11 is 0. The molecule has 0 fully saturated rings. The Hall–Kier alpha value is -1.67. The van der Waals surface area contributed by atoms with Gasteiger partial charge < -0.3 is 5.11 Å². The lowest BCUT2D eigenvalue weighted by molar-refractivity contribution is 0.194. The number of hydrogen-bond acceptors (Lipinski definition) is 2. The zero-order valence-electron chi connectivity index (χ0n) is 12.9. The van der Waals surface area contributed by atoms with Crippen molar-refractivity contribution in [3.63, 3.8) is 0 Å². The van der Waals surface area contributed by atoms with Gasteiger partial charge in [0.1, 0.15) is 0 Å². The summed E-state index contributed by atoms with van der Waals surface area (Å²) in [5.41, 5.74) is 5.38. The summed E-state index contributed by atoms with van der Waals surface area (Å²) in [5, 5.41) is 9.67. The van der Waals surface area contributed by atoms with Gasteiger partial charge in [-0.3, -0.25) is 4.98 Å². The SMILES string of the molecule is Cc1cc(-c2cccc([C@@H](C)O)n2)cc(C(C)(C)C)c1. The normalized spacial score (nSPS) is 13.3. The van der Waals surface area contributed by atoms with E-state index in [1.807, 2.05) is 18.2 Å². The Balaban J connectivity index is 2.53. The van der Waals surface area contributed by atoms with Crippen molar-refractivity contribution < 1.29 is 5.11 Å². The van der Waals surface area contributed by atoms with Crippen LogP contribution in [0.25, 0.3) is 11.3 Å². The number of benzene rings is 1. The maximum absolute atomic E-state index is 9.67. The second-order valence-electron chi connectivity index (χ2n) is 6.46. The van der Waals surface area contributed by atoms with Crippen LogP contribution < -0.4 is 0 Å². The monoisotopic (exact) mass is 269 g/mol. The lowest BCUT2D eigenvalue weighted by atomic mass is 9.85. The first kappa shape index (κ1) is 14.7. The van der Waals surface area contributed by atoms with E-state index in [0.29, 0.717) is 5.69 Å². The molecule has 106 valence electrons. The first-order chi connectivity index (χ1) is 9.27. The smallest absolute Gasteiger partial charge is 0.0932 e. The highest BCUT2D eigenvalue weighted by Crippen LogP contribution is 2.28. The van der Waals surface area contributed by atoms with Gasteiger partial charge in [-0.1, -0.05) is 38.5 Å². The highest BCUT2D eigenvalue weighted by Gasteiger charge is 2.15. The summed E-state index contributed by atoms with van der Waals surface area (Å²) in [6.45, 7) is 10.5. The first-order valence-corrected chi connectivity index (χ1v) is 7.05. The van der Waals surface area contributed by atoms with Gasteiger partial charge in [-0.25, -0.2) is 0 Å². The van der Waals surface area contributed by atoms with E-state index < -0.39 is 6.10 Å². The minimum Gasteiger partial charge on any atom is -0.387 e. The van der Waals surface area contributed by atoms with Gasteiger partial charge in [0.25, 0.3) is 0 Å². The van der Waals surface area contributed by atoms with Crippen molar-refractivity contribution in [2.24, 2.45) is 0 Å². The van der Waals surface area contributed by atoms with Gasteiger partial charge in [0, 0.05) is 5.56 Å². The van der Waals surface area contributed by atoms with Crippen LogP contribution in [0.2, 0.25) is 0 Å². The van der Waals surface area contributed by atoms with Crippen LogP contribution in [-0.4, -0.2) is 10.1 Å². The molecule has 20 heavy (non-hydrogen) atoms. The fourth-order valence-electron chi connectivity index (χ4n) is 2.21. The van der Waals surface area contributed by atoms with Crippen LogP contribution >= 0.6 is 0 Å². The average molecular weight is 269 g/mol. The molecule has 1 aromatic heterocycles. The Morgan fingerprint density at radius 3 is 2.40 bits per heavy atom. The Morgan fingerprint density at radius 2 is 1.80 bits per heavy atom. The molecule has 1 N–H and O–H groups in total. The number of aliphatic hydroxyl groups is 1. The lowest BCUT2D eigenvalue weighted by Gasteiger charge is -2.21.